The average Bonchev–Trinajstić information content (AvgIpc) is 2.44. The summed E-state index contributed by atoms with van der Waals surface area (Å²) >= 11 is 0. The summed E-state index contributed by atoms with van der Waals surface area (Å²) < 4.78 is 1.23. The Bertz CT molecular complexity index is 167. The minimum atomic E-state index is 0.705. The molecule has 1 fully saturated rings. The fourth-order valence-corrected chi connectivity index (χ4v) is 2.36. The van der Waals surface area contributed by atoms with Crippen LogP contribution >= 0.6 is 0 Å². The van der Waals surface area contributed by atoms with Gasteiger partial charge in [0.05, 0.1) is 26.2 Å². The molecule has 78 valence electrons. The van der Waals surface area contributed by atoms with E-state index in [0.29, 0.717) is 6.04 Å². The summed E-state index contributed by atoms with van der Waals surface area (Å²) in [4.78, 5) is 2.66. The number of quaternary nitrogens is 1. The molecule has 13 heavy (non-hydrogen) atoms. The highest BCUT2D eigenvalue weighted by molar-refractivity contribution is 4.76. The van der Waals surface area contributed by atoms with Crippen molar-refractivity contribution in [2.24, 2.45) is 0 Å². The Labute approximate surface area is 83.1 Å². The molecule has 0 bridgehead atoms. The van der Waals surface area contributed by atoms with Crippen molar-refractivity contribution < 1.29 is 4.48 Å². The Hall–Kier alpha value is -0.0800. The monoisotopic (exact) mass is 185 g/mol. The van der Waals surface area contributed by atoms with Crippen molar-refractivity contribution in [3.63, 3.8) is 0 Å². The normalized spacial score (nSPS) is 36.0. The van der Waals surface area contributed by atoms with E-state index in [1.807, 2.05) is 0 Å². The van der Waals surface area contributed by atoms with Gasteiger partial charge >= 0.3 is 0 Å². The lowest BCUT2D eigenvalue weighted by molar-refractivity contribution is -0.901. The van der Waals surface area contributed by atoms with E-state index in [2.05, 4.69) is 39.6 Å². The van der Waals surface area contributed by atoms with Crippen LogP contribution in [-0.2, 0) is 0 Å². The molecule has 0 aromatic rings. The predicted octanol–water partition coefficient (Wildman–Crippen LogP) is 1.91. The molecule has 0 aromatic heterocycles. The zero-order chi connectivity index (χ0) is 10.1. The van der Waals surface area contributed by atoms with Crippen LogP contribution in [0.5, 0.6) is 0 Å². The molecule has 1 heterocycles. The van der Waals surface area contributed by atoms with E-state index in [-0.39, 0.29) is 0 Å². The fraction of sp³-hybridized carbons (Fsp3) is 1.00. The Balaban J connectivity index is 2.66. The lowest BCUT2D eigenvalue weighted by atomic mass is 10.2. The zero-order valence-corrected chi connectivity index (χ0v) is 9.88. The number of hydrogen-bond acceptors (Lipinski definition) is 1. The van der Waals surface area contributed by atoms with E-state index in [4.69, 9.17) is 0 Å². The van der Waals surface area contributed by atoms with Gasteiger partial charge in [-0.2, -0.15) is 0 Å². The maximum absolute atomic E-state index is 2.66. The molecular formula is C11H25N2+. The molecule has 2 atom stereocenters. The maximum Gasteiger partial charge on any atom is 0.135 e. The van der Waals surface area contributed by atoms with Gasteiger partial charge < -0.3 is 4.48 Å². The van der Waals surface area contributed by atoms with Crippen LogP contribution in [-0.4, -0.2) is 48.3 Å². The molecule has 0 aliphatic carbocycles. The predicted molar refractivity (Wildman–Crippen MR) is 57.5 cm³/mol. The molecule has 1 aliphatic heterocycles. The first-order valence-electron chi connectivity index (χ1n) is 5.61. The van der Waals surface area contributed by atoms with Gasteiger partial charge in [-0.25, -0.2) is 4.90 Å². The molecule has 0 spiro atoms. The van der Waals surface area contributed by atoms with Gasteiger partial charge in [-0.3, -0.25) is 0 Å². The van der Waals surface area contributed by atoms with Gasteiger partial charge in [0.1, 0.15) is 6.67 Å². The highest BCUT2D eigenvalue weighted by Gasteiger charge is 2.39. The van der Waals surface area contributed by atoms with Crippen LogP contribution in [0, 0.1) is 0 Å². The third kappa shape index (κ3) is 2.23. The van der Waals surface area contributed by atoms with Gasteiger partial charge in [-0.1, -0.05) is 6.92 Å². The number of nitrogens with zero attached hydrogens (tertiary/aromatic N) is 2. The molecule has 1 rings (SSSR count). The molecule has 0 aromatic carbocycles. The fourth-order valence-electron chi connectivity index (χ4n) is 2.36. The minimum absolute atomic E-state index is 0.705. The van der Waals surface area contributed by atoms with Crippen LogP contribution in [0.2, 0.25) is 0 Å². The molecule has 0 radical (unpaired) electrons. The van der Waals surface area contributed by atoms with Crippen LogP contribution in [0.25, 0.3) is 0 Å². The first kappa shape index (κ1) is 11.0. The topological polar surface area (TPSA) is 3.24 Å². The van der Waals surface area contributed by atoms with Crippen LogP contribution in [0.15, 0.2) is 0 Å². The molecule has 1 saturated heterocycles. The summed E-state index contributed by atoms with van der Waals surface area (Å²) in [7, 11) is 2.38. The lowest BCUT2D eigenvalue weighted by Gasteiger charge is -2.28. The van der Waals surface area contributed by atoms with Crippen molar-refractivity contribution in [3.05, 3.63) is 0 Å². The van der Waals surface area contributed by atoms with Gasteiger partial charge in [0, 0.05) is 6.04 Å². The molecule has 0 amide bonds. The number of rotatable bonds is 3. The second-order valence-electron chi connectivity index (χ2n) is 4.93. The molecule has 0 saturated carbocycles. The Morgan fingerprint density at radius 2 is 2.00 bits per heavy atom. The van der Waals surface area contributed by atoms with Crippen molar-refractivity contribution in [3.8, 4) is 0 Å². The Morgan fingerprint density at radius 1 is 1.38 bits per heavy atom. The van der Waals surface area contributed by atoms with Crippen molar-refractivity contribution in [2.45, 2.75) is 46.2 Å². The molecule has 0 N–H and O–H groups in total. The Kier molecular flexibility index (Phi) is 3.36. The second-order valence-corrected chi connectivity index (χ2v) is 4.93. The largest absolute Gasteiger partial charge is 0.312 e. The van der Waals surface area contributed by atoms with E-state index in [0.717, 1.165) is 6.04 Å². The summed E-state index contributed by atoms with van der Waals surface area (Å²) in [6.07, 6.45) is 1.30. The smallest absolute Gasteiger partial charge is 0.135 e. The average molecular weight is 185 g/mol. The quantitative estimate of drug-likeness (QED) is 0.607. The van der Waals surface area contributed by atoms with E-state index in [1.165, 1.54) is 30.7 Å². The maximum atomic E-state index is 2.66. The highest BCUT2D eigenvalue weighted by Crippen LogP contribution is 2.23. The molecule has 1 aliphatic rings. The van der Waals surface area contributed by atoms with Crippen LogP contribution in [0.3, 0.4) is 0 Å². The van der Waals surface area contributed by atoms with Crippen LogP contribution in [0.1, 0.15) is 34.1 Å². The summed E-state index contributed by atoms with van der Waals surface area (Å²) in [5.74, 6) is 0. The van der Waals surface area contributed by atoms with Crippen LogP contribution < -0.4 is 0 Å². The van der Waals surface area contributed by atoms with Gasteiger partial charge in [0.25, 0.3) is 0 Å². The van der Waals surface area contributed by atoms with Gasteiger partial charge in [-0.05, 0) is 27.2 Å². The van der Waals surface area contributed by atoms with Crippen molar-refractivity contribution in [2.75, 3.05) is 26.8 Å². The van der Waals surface area contributed by atoms with Gasteiger partial charge in [-0.15, -0.1) is 0 Å². The van der Waals surface area contributed by atoms with E-state index in [9.17, 15) is 0 Å². The minimum Gasteiger partial charge on any atom is -0.312 e. The summed E-state index contributed by atoms with van der Waals surface area (Å²) in [6, 6.07) is 1.52. The third-order valence-electron chi connectivity index (χ3n) is 3.52. The summed E-state index contributed by atoms with van der Waals surface area (Å²) in [6.45, 7) is 13.1. The number of likely N-dealkylation sites (N-methyl/N-ethyl adjacent to an activating group) is 1. The Morgan fingerprint density at radius 3 is 2.31 bits per heavy atom. The zero-order valence-electron chi connectivity index (χ0n) is 9.88. The van der Waals surface area contributed by atoms with E-state index in [1.54, 1.807) is 0 Å². The summed E-state index contributed by atoms with van der Waals surface area (Å²) in [5, 5.41) is 0. The van der Waals surface area contributed by atoms with E-state index >= 15 is 0 Å². The highest BCUT2D eigenvalue weighted by atomic mass is 15.5. The van der Waals surface area contributed by atoms with Gasteiger partial charge in [0.2, 0.25) is 0 Å². The lowest BCUT2D eigenvalue weighted by Crippen LogP contribution is -2.43. The first-order chi connectivity index (χ1) is 6.02. The van der Waals surface area contributed by atoms with Crippen molar-refractivity contribution in [1.29, 1.82) is 0 Å². The van der Waals surface area contributed by atoms with Crippen molar-refractivity contribution in [1.82, 2.24) is 4.90 Å². The standard InChI is InChI=1S/C11H25N2/c1-6-11-8-13(5,7-2)9-12(11)10(3)4/h10-11H,6-9H2,1-5H3/q+1/t11?,13-/m1/s1. The number of hydrogen-bond donors (Lipinski definition) is 0. The second kappa shape index (κ2) is 3.97. The molecule has 1 unspecified atom stereocenters. The van der Waals surface area contributed by atoms with Crippen molar-refractivity contribution >= 4 is 0 Å². The first-order valence-corrected chi connectivity index (χ1v) is 5.61. The van der Waals surface area contributed by atoms with E-state index < -0.39 is 0 Å². The molecular weight excluding hydrogens is 160 g/mol. The SMILES string of the molecule is CCC1C[N@@+](C)(CC)CN1C(C)C. The van der Waals surface area contributed by atoms with Gasteiger partial charge in [0.15, 0.2) is 0 Å². The van der Waals surface area contributed by atoms with Crippen LogP contribution in [0.4, 0.5) is 0 Å². The summed E-state index contributed by atoms with van der Waals surface area (Å²) in [5.41, 5.74) is 0. The molecule has 2 nitrogen and oxygen atoms in total. The molecule has 2 heteroatoms. The third-order valence-corrected chi connectivity index (χ3v) is 3.52.